The molecule has 4 heteroatoms. The summed E-state index contributed by atoms with van der Waals surface area (Å²) in [5.41, 5.74) is 3.49. The number of aromatic carboxylic acids is 1. The van der Waals surface area contributed by atoms with E-state index in [1.807, 2.05) is 12.1 Å². The molecule has 1 aliphatic rings. The topological polar surface area (TPSA) is 49.8 Å². The average molecular weight is 269 g/mol. The Morgan fingerprint density at radius 3 is 2.35 bits per heavy atom. The third-order valence-corrected chi connectivity index (χ3v) is 3.62. The van der Waals surface area contributed by atoms with Crippen LogP contribution in [0, 0.1) is 0 Å². The zero-order valence-electron chi connectivity index (χ0n) is 11.2. The minimum Gasteiger partial charge on any atom is -0.497 e. The molecule has 20 heavy (non-hydrogen) atoms. The molecule has 4 nitrogen and oxygen atoms in total. The summed E-state index contributed by atoms with van der Waals surface area (Å²) >= 11 is 0. The van der Waals surface area contributed by atoms with E-state index in [9.17, 15) is 9.90 Å². The van der Waals surface area contributed by atoms with E-state index in [1.165, 1.54) is 11.1 Å². The Labute approximate surface area is 117 Å². The summed E-state index contributed by atoms with van der Waals surface area (Å²) in [6.07, 6.45) is 0. The van der Waals surface area contributed by atoms with E-state index in [-0.39, 0.29) is 0 Å². The molecule has 0 aliphatic carbocycles. The molecule has 0 bridgehead atoms. The van der Waals surface area contributed by atoms with Gasteiger partial charge in [0.1, 0.15) is 5.75 Å². The van der Waals surface area contributed by atoms with Crippen molar-refractivity contribution < 1.29 is 14.6 Å². The number of hydrogen-bond donors (Lipinski definition) is 1. The Balaban J connectivity index is 2.00. The first kappa shape index (κ1) is 12.5. The predicted octanol–water partition coefficient (Wildman–Crippen LogP) is 2.91. The number of hydrogen-bond acceptors (Lipinski definition) is 3. The molecule has 1 heterocycles. The summed E-state index contributed by atoms with van der Waals surface area (Å²) in [6, 6.07) is 13.2. The lowest BCUT2D eigenvalue weighted by molar-refractivity contribution is 0.0697. The van der Waals surface area contributed by atoms with E-state index in [0.717, 1.165) is 13.1 Å². The molecule has 0 fully saturated rings. The maximum Gasteiger partial charge on any atom is 0.337 e. The van der Waals surface area contributed by atoms with Crippen molar-refractivity contribution in [3.63, 3.8) is 0 Å². The van der Waals surface area contributed by atoms with Gasteiger partial charge >= 0.3 is 5.97 Å². The van der Waals surface area contributed by atoms with E-state index in [4.69, 9.17) is 4.74 Å². The summed E-state index contributed by atoms with van der Waals surface area (Å²) in [5, 5.41) is 9.34. The molecular weight excluding hydrogens is 254 g/mol. The monoisotopic (exact) mass is 269 g/mol. The molecule has 0 aromatic heterocycles. The van der Waals surface area contributed by atoms with Gasteiger partial charge in [0.2, 0.25) is 0 Å². The first-order valence-corrected chi connectivity index (χ1v) is 6.42. The normalized spacial score (nSPS) is 13.2. The lowest BCUT2D eigenvalue weighted by Gasteiger charge is -2.20. The summed E-state index contributed by atoms with van der Waals surface area (Å²) in [5.74, 6) is -0.250. The van der Waals surface area contributed by atoms with Gasteiger partial charge in [0.15, 0.2) is 0 Å². The van der Waals surface area contributed by atoms with Crippen LogP contribution >= 0.6 is 0 Å². The third kappa shape index (κ3) is 2.09. The zero-order valence-corrected chi connectivity index (χ0v) is 11.2. The summed E-state index contributed by atoms with van der Waals surface area (Å²) < 4.78 is 5.21. The maximum atomic E-state index is 11.4. The van der Waals surface area contributed by atoms with Crippen molar-refractivity contribution in [2.24, 2.45) is 0 Å². The van der Waals surface area contributed by atoms with Crippen LogP contribution in [0.25, 0.3) is 0 Å². The molecule has 2 aromatic carbocycles. The maximum absolute atomic E-state index is 11.4. The fourth-order valence-electron chi connectivity index (χ4n) is 2.58. The minimum absolute atomic E-state index is 0.304. The second-order valence-corrected chi connectivity index (χ2v) is 4.81. The highest BCUT2D eigenvalue weighted by atomic mass is 16.5. The van der Waals surface area contributed by atoms with Crippen LogP contribution in [0.1, 0.15) is 21.5 Å². The molecule has 0 amide bonds. The number of nitrogens with zero attached hydrogens (tertiary/aromatic N) is 1. The average Bonchev–Trinajstić information content (AvgIpc) is 2.90. The first-order valence-electron chi connectivity index (χ1n) is 6.42. The number of rotatable bonds is 3. The van der Waals surface area contributed by atoms with Crippen LogP contribution in [0.15, 0.2) is 42.5 Å². The largest absolute Gasteiger partial charge is 0.497 e. The van der Waals surface area contributed by atoms with Gasteiger partial charge < -0.3 is 14.7 Å². The zero-order chi connectivity index (χ0) is 14.1. The van der Waals surface area contributed by atoms with Crippen molar-refractivity contribution in [2.45, 2.75) is 13.1 Å². The number of anilines is 1. The van der Waals surface area contributed by atoms with Crippen molar-refractivity contribution in [3.8, 4) is 5.75 Å². The summed E-state index contributed by atoms with van der Waals surface area (Å²) in [4.78, 5) is 13.4. The van der Waals surface area contributed by atoms with Gasteiger partial charge in [-0.2, -0.15) is 0 Å². The number of carbonyl (C=O) groups is 1. The van der Waals surface area contributed by atoms with Crippen LogP contribution in [0.3, 0.4) is 0 Å². The molecule has 0 saturated carbocycles. The Kier molecular flexibility index (Phi) is 3.06. The second kappa shape index (κ2) is 4.89. The van der Waals surface area contributed by atoms with Gasteiger partial charge in [-0.05, 0) is 23.3 Å². The van der Waals surface area contributed by atoms with Crippen LogP contribution in [-0.4, -0.2) is 18.2 Å². The first-order chi connectivity index (χ1) is 9.69. The van der Waals surface area contributed by atoms with Crippen LogP contribution in [0.2, 0.25) is 0 Å². The quantitative estimate of drug-likeness (QED) is 0.930. The van der Waals surface area contributed by atoms with Gasteiger partial charge in [-0.1, -0.05) is 24.3 Å². The number of carboxylic acid groups (broad SMARTS) is 1. The highest BCUT2D eigenvalue weighted by Crippen LogP contribution is 2.33. The van der Waals surface area contributed by atoms with Crippen molar-refractivity contribution in [3.05, 3.63) is 59.2 Å². The number of carboxylic acids is 1. The standard InChI is InChI=1S/C16H15NO3/c1-20-13-6-7-14(16(18)19)15(8-13)17-9-11-4-2-3-5-12(11)10-17/h2-8H,9-10H2,1H3,(H,18,19). The highest BCUT2D eigenvalue weighted by molar-refractivity contribution is 5.95. The SMILES string of the molecule is COc1ccc(C(=O)O)c(N2Cc3ccccc3C2)c1. The van der Waals surface area contributed by atoms with Gasteiger partial charge in [-0.15, -0.1) is 0 Å². The summed E-state index contributed by atoms with van der Waals surface area (Å²) in [6.45, 7) is 1.45. The van der Waals surface area contributed by atoms with Gasteiger partial charge in [0.05, 0.1) is 18.4 Å². The van der Waals surface area contributed by atoms with Crippen molar-refractivity contribution in [1.82, 2.24) is 0 Å². The number of fused-ring (bicyclic) bond motifs is 1. The van der Waals surface area contributed by atoms with E-state index in [1.54, 1.807) is 25.3 Å². The van der Waals surface area contributed by atoms with Gasteiger partial charge in [-0.25, -0.2) is 4.79 Å². The third-order valence-electron chi connectivity index (χ3n) is 3.62. The lowest BCUT2D eigenvalue weighted by atomic mass is 10.1. The Bertz CT molecular complexity index is 642. The molecule has 2 aromatic rings. The highest BCUT2D eigenvalue weighted by Gasteiger charge is 2.23. The van der Waals surface area contributed by atoms with Crippen LogP contribution < -0.4 is 9.64 Å². The molecule has 0 radical (unpaired) electrons. The van der Waals surface area contributed by atoms with E-state index < -0.39 is 5.97 Å². The van der Waals surface area contributed by atoms with Crippen molar-refractivity contribution in [1.29, 1.82) is 0 Å². The Morgan fingerprint density at radius 1 is 1.15 bits per heavy atom. The number of benzene rings is 2. The molecule has 102 valence electrons. The lowest BCUT2D eigenvalue weighted by Crippen LogP contribution is -2.18. The van der Waals surface area contributed by atoms with Crippen LogP contribution in [0.4, 0.5) is 5.69 Å². The smallest absolute Gasteiger partial charge is 0.337 e. The van der Waals surface area contributed by atoms with E-state index in [2.05, 4.69) is 17.0 Å². The molecule has 3 rings (SSSR count). The van der Waals surface area contributed by atoms with Crippen LogP contribution in [-0.2, 0) is 13.1 Å². The minimum atomic E-state index is -0.918. The summed E-state index contributed by atoms with van der Waals surface area (Å²) in [7, 11) is 1.58. The Morgan fingerprint density at radius 2 is 1.80 bits per heavy atom. The van der Waals surface area contributed by atoms with Crippen molar-refractivity contribution >= 4 is 11.7 Å². The molecule has 1 N–H and O–H groups in total. The van der Waals surface area contributed by atoms with Crippen molar-refractivity contribution in [2.75, 3.05) is 12.0 Å². The molecule has 0 unspecified atom stereocenters. The van der Waals surface area contributed by atoms with E-state index >= 15 is 0 Å². The molecule has 0 spiro atoms. The van der Waals surface area contributed by atoms with Gasteiger partial charge in [-0.3, -0.25) is 0 Å². The molecule has 0 saturated heterocycles. The number of methoxy groups -OCH3 is 1. The predicted molar refractivity (Wildman–Crippen MR) is 76.3 cm³/mol. The molecule has 1 aliphatic heterocycles. The number of ether oxygens (including phenoxy) is 1. The molecular formula is C16H15NO3. The van der Waals surface area contributed by atoms with Gasteiger partial charge in [0, 0.05) is 19.2 Å². The van der Waals surface area contributed by atoms with Gasteiger partial charge in [0.25, 0.3) is 0 Å². The fraction of sp³-hybridized carbons (Fsp3) is 0.188. The Hall–Kier alpha value is -2.49. The van der Waals surface area contributed by atoms with Crippen LogP contribution in [0.5, 0.6) is 5.75 Å². The fourth-order valence-corrected chi connectivity index (χ4v) is 2.58. The molecule has 0 atom stereocenters. The van der Waals surface area contributed by atoms with E-state index in [0.29, 0.717) is 17.0 Å². The second-order valence-electron chi connectivity index (χ2n) is 4.81.